The van der Waals surface area contributed by atoms with Gasteiger partial charge in [-0.25, -0.2) is 4.79 Å². The van der Waals surface area contributed by atoms with E-state index >= 15 is 0 Å². The van der Waals surface area contributed by atoms with Crippen molar-refractivity contribution < 1.29 is 14.6 Å². The van der Waals surface area contributed by atoms with E-state index in [0.29, 0.717) is 39.1 Å². The highest BCUT2D eigenvalue weighted by Gasteiger charge is 2.10. The Morgan fingerprint density at radius 1 is 1.18 bits per heavy atom. The number of rotatable bonds is 6. The molecule has 0 fully saturated rings. The number of benzene rings is 2. The summed E-state index contributed by atoms with van der Waals surface area (Å²) in [6, 6.07) is 9.96. The average Bonchev–Trinajstić information content (AvgIpc) is 2.43. The summed E-state index contributed by atoms with van der Waals surface area (Å²) in [4.78, 5) is 11.2. The van der Waals surface area contributed by atoms with Crippen molar-refractivity contribution in [2.45, 2.75) is 0 Å². The lowest BCUT2D eigenvalue weighted by molar-refractivity contribution is 0.0698. The van der Waals surface area contributed by atoms with Crippen LogP contribution in [0.25, 0.3) is 0 Å². The van der Waals surface area contributed by atoms with E-state index in [0.717, 1.165) is 0 Å². The molecular weight excluding hydrogens is 393 g/mol. The minimum absolute atomic E-state index is 0.195. The van der Waals surface area contributed by atoms with E-state index in [1.165, 1.54) is 0 Å². The topological polar surface area (TPSA) is 58.6 Å². The van der Waals surface area contributed by atoms with Crippen LogP contribution >= 0.6 is 39.1 Å². The molecule has 0 aromatic heterocycles. The normalized spacial score (nSPS) is 10.3. The lowest BCUT2D eigenvalue weighted by atomic mass is 10.2. The number of hydrogen-bond donors (Lipinski definition) is 2. The molecule has 0 unspecified atom stereocenters. The van der Waals surface area contributed by atoms with Gasteiger partial charge in [-0.1, -0.05) is 39.1 Å². The average molecular weight is 405 g/mol. The molecule has 0 heterocycles. The van der Waals surface area contributed by atoms with Gasteiger partial charge in [0.2, 0.25) is 0 Å². The number of nitrogens with one attached hydrogen (secondary N) is 1. The predicted octanol–water partition coefficient (Wildman–Crippen LogP) is 4.95. The molecule has 0 aliphatic carbocycles. The van der Waals surface area contributed by atoms with Crippen LogP contribution < -0.4 is 10.1 Å². The fourth-order valence-electron chi connectivity index (χ4n) is 1.81. The summed E-state index contributed by atoms with van der Waals surface area (Å²) in [6.45, 7) is 0.776. The highest BCUT2D eigenvalue weighted by atomic mass is 79.9. The lowest BCUT2D eigenvalue weighted by Gasteiger charge is -2.11. The second kappa shape index (κ2) is 7.72. The monoisotopic (exact) mass is 403 g/mol. The van der Waals surface area contributed by atoms with Crippen molar-refractivity contribution in [3.8, 4) is 5.75 Å². The summed E-state index contributed by atoms with van der Waals surface area (Å²) in [5.41, 5.74) is 0.726. The van der Waals surface area contributed by atoms with Crippen LogP contribution in [0.4, 0.5) is 5.69 Å². The van der Waals surface area contributed by atoms with Crippen LogP contribution in [0.3, 0.4) is 0 Å². The molecule has 2 aromatic carbocycles. The van der Waals surface area contributed by atoms with Gasteiger partial charge >= 0.3 is 5.97 Å². The number of aromatic carboxylic acids is 1. The first-order valence-electron chi connectivity index (χ1n) is 6.31. The van der Waals surface area contributed by atoms with Crippen LogP contribution in [0.2, 0.25) is 10.0 Å². The number of carbonyl (C=O) groups is 1. The predicted molar refractivity (Wildman–Crippen MR) is 91.5 cm³/mol. The number of halogens is 3. The molecule has 4 nitrogen and oxygen atoms in total. The zero-order chi connectivity index (χ0) is 16.1. The molecular formula is C15H12BrCl2NO3. The van der Waals surface area contributed by atoms with Crippen molar-refractivity contribution >= 4 is 50.8 Å². The minimum atomic E-state index is -0.994. The molecule has 7 heteroatoms. The summed E-state index contributed by atoms with van der Waals surface area (Å²) < 4.78 is 6.23. The van der Waals surface area contributed by atoms with Gasteiger partial charge in [0.1, 0.15) is 12.4 Å². The first-order valence-corrected chi connectivity index (χ1v) is 7.86. The second-order valence-electron chi connectivity index (χ2n) is 4.38. The van der Waals surface area contributed by atoms with Crippen LogP contribution in [0.5, 0.6) is 5.75 Å². The quantitative estimate of drug-likeness (QED) is 0.669. The minimum Gasteiger partial charge on any atom is -0.492 e. The van der Waals surface area contributed by atoms with Crippen LogP contribution in [-0.2, 0) is 0 Å². The number of carboxylic acids is 1. The van der Waals surface area contributed by atoms with Gasteiger partial charge in [0.25, 0.3) is 0 Å². The Bertz CT molecular complexity index is 674. The zero-order valence-corrected chi connectivity index (χ0v) is 14.4. The Balaban J connectivity index is 1.93. The Morgan fingerprint density at radius 3 is 2.50 bits per heavy atom. The third kappa shape index (κ3) is 4.80. The largest absolute Gasteiger partial charge is 0.492 e. The maximum atomic E-state index is 11.2. The van der Waals surface area contributed by atoms with Gasteiger partial charge in [-0.2, -0.15) is 0 Å². The Labute approximate surface area is 146 Å². The Morgan fingerprint density at radius 2 is 1.86 bits per heavy atom. The zero-order valence-electron chi connectivity index (χ0n) is 11.3. The van der Waals surface area contributed by atoms with Crippen molar-refractivity contribution in [2.24, 2.45) is 0 Å². The van der Waals surface area contributed by atoms with E-state index in [2.05, 4.69) is 21.2 Å². The molecule has 22 heavy (non-hydrogen) atoms. The first kappa shape index (κ1) is 16.9. The summed E-state index contributed by atoms with van der Waals surface area (Å²) in [6.07, 6.45) is 0. The number of ether oxygens (including phenoxy) is 1. The summed E-state index contributed by atoms with van der Waals surface area (Å²) in [7, 11) is 0. The highest BCUT2D eigenvalue weighted by Crippen LogP contribution is 2.24. The molecule has 0 aliphatic rings. The van der Waals surface area contributed by atoms with Gasteiger partial charge in [-0.15, -0.1) is 0 Å². The molecule has 2 N–H and O–H groups in total. The van der Waals surface area contributed by atoms with E-state index in [9.17, 15) is 4.79 Å². The summed E-state index contributed by atoms with van der Waals surface area (Å²) in [5, 5.41) is 13.2. The second-order valence-corrected chi connectivity index (χ2v) is 6.16. The van der Waals surface area contributed by atoms with Gasteiger partial charge < -0.3 is 15.2 Å². The van der Waals surface area contributed by atoms with Crippen LogP contribution in [0.1, 0.15) is 10.4 Å². The molecule has 2 rings (SSSR count). The van der Waals surface area contributed by atoms with Crippen molar-refractivity contribution in [3.05, 3.63) is 56.5 Å². The van der Waals surface area contributed by atoms with Crippen molar-refractivity contribution in [1.29, 1.82) is 0 Å². The SMILES string of the molecule is O=C(O)c1cc(Br)ccc1NCCOc1cc(Cl)cc(Cl)c1. The fourth-order valence-corrected chi connectivity index (χ4v) is 2.68. The molecule has 0 spiro atoms. The van der Waals surface area contributed by atoms with E-state index in [1.807, 2.05) is 0 Å². The molecule has 0 amide bonds. The van der Waals surface area contributed by atoms with Gasteiger partial charge in [0.05, 0.1) is 5.56 Å². The van der Waals surface area contributed by atoms with E-state index in [-0.39, 0.29) is 5.56 Å². The molecule has 0 aliphatic heterocycles. The van der Waals surface area contributed by atoms with E-state index in [4.69, 9.17) is 33.0 Å². The molecule has 116 valence electrons. The fraction of sp³-hybridized carbons (Fsp3) is 0.133. The third-order valence-electron chi connectivity index (χ3n) is 2.73. The molecule has 2 aromatic rings. The van der Waals surface area contributed by atoms with Gasteiger partial charge in [0, 0.05) is 26.8 Å². The van der Waals surface area contributed by atoms with Crippen molar-refractivity contribution in [3.63, 3.8) is 0 Å². The van der Waals surface area contributed by atoms with Crippen molar-refractivity contribution in [2.75, 3.05) is 18.5 Å². The summed E-state index contributed by atoms with van der Waals surface area (Å²) >= 11 is 15.0. The van der Waals surface area contributed by atoms with Gasteiger partial charge in [0.15, 0.2) is 0 Å². The van der Waals surface area contributed by atoms with Crippen LogP contribution in [-0.4, -0.2) is 24.2 Å². The van der Waals surface area contributed by atoms with Crippen LogP contribution in [0, 0.1) is 0 Å². The number of anilines is 1. The smallest absolute Gasteiger partial charge is 0.337 e. The third-order valence-corrected chi connectivity index (χ3v) is 3.66. The first-order chi connectivity index (χ1) is 10.5. The van der Waals surface area contributed by atoms with Crippen molar-refractivity contribution in [1.82, 2.24) is 0 Å². The standard InChI is InChI=1S/C15H12BrCl2NO3/c16-9-1-2-14(13(5-9)15(20)21)19-3-4-22-12-7-10(17)6-11(18)8-12/h1-2,5-8,19H,3-4H2,(H,20,21). The van der Waals surface area contributed by atoms with Gasteiger partial charge in [-0.05, 0) is 36.4 Å². The number of carboxylic acid groups (broad SMARTS) is 1. The van der Waals surface area contributed by atoms with Gasteiger partial charge in [-0.3, -0.25) is 0 Å². The highest BCUT2D eigenvalue weighted by molar-refractivity contribution is 9.10. The van der Waals surface area contributed by atoms with E-state index < -0.39 is 5.97 Å². The van der Waals surface area contributed by atoms with E-state index in [1.54, 1.807) is 36.4 Å². The molecule has 0 saturated carbocycles. The van der Waals surface area contributed by atoms with Crippen LogP contribution in [0.15, 0.2) is 40.9 Å². The maximum Gasteiger partial charge on any atom is 0.337 e. The molecule has 0 atom stereocenters. The summed E-state index contributed by atoms with van der Waals surface area (Å²) in [5.74, 6) is -0.431. The number of hydrogen-bond acceptors (Lipinski definition) is 3. The lowest BCUT2D eigenvalue weighted by Crippen LogP contribution is -2.14. The maximum absolute atomic E-state index is 11.2. The Kier molecular flexibility index (Phi) is 5.94. The molecule has 0 radical (unpaired) electrons. The molecule has 0 bridgehead atoms. The molecule has 0 saturated heterocycles. The Hall–Kier alpha value is -1.43.